The number of fused-ring (bicyclic) bond motifs is 4. The second-order valence-electron chi connectivity index (χ2n) is 15.8. The molecule has 0 unspecified atom stereocenters. The summed E-state index contributed by atoms with van der Waals surface area (Å²) in [5, 5.41) is 4.22. The van der Waals surface area contributed by atoms with Gasteiger partial charge in [0.15, 0.2) is 5.82 Å². The highest BCUT2D eigenvalue weighted by Crippen LogP contribution is 2.47. The molecule has 1 N–H and O–H groups in total. The van der Waals surface area contributed by atoms with Crippen LogP contribution in [0.1, 0.15) is 81.1 Å². The average Bonchev–Trinajstić information content (AvgIpc) is 3.39. The van der Waals surface area contributed by atoms with Crippen LogP contribution in [0.3, 0.4) is 0 Å². The minimum Gasteiger partial charge on any atom is -0.494 e. The molecule has 4 fully saturated rings. The third-order valence-corrected chi connectivity index (χ3v) is 11.4. The molecule has 264 valence electrons. The van der Waals surface area contributed by atoms with Gasteiger partial charge in [0.05, 0.1) is 48.9 Å². The lowest BCUT2D eigenvalue weighted by atomic mass is 9.71. The molecule has 2 bridgehead atoms. The predicted molar refractivity (Wildman–Crippen MR) is 189 cm³/mol. The quantitative estimate of drug-likeness (QED) is 0.214. The number of aryl methyl sites for hydroxylation is 1. The van der Waals surface area contributed by atoms with Crippen molar-refractivity contribution < 1.29 is 28.6 Å². The summed E-state index contributed by atoms with van der Waals surface area (Å²) in [6, 6.07) is 12.2. The van der Waals surface area contributed by atoms with Gasteiger partial charge in [-0.15, -0.1) is 0 Å². The van der Waals surface area contributed by atoms with Crippen molar-refractivity contribution in [1.82, 2.24) is 24.3 Å². The largest absolute Gasteiger partial charge is 0.494 e. The van der Waals surface area contributed by atoms with Crippen LogP contribution in [-0.4, -0.2) is 75.4 Å². The molecular formula is C39H47N5O6. The van der Waals surface area contributed by atoms with Crippen LogP contribution in [0, 0.1) is 17.8 Å². The molecule has 1 saturated heterocycles. The minimum atomic E-state index is -0.592. The topological polar surface area (TPSA) is 117 Å². The molecule has 3 heterocycles. The Morgan fingerprint density at radius 1 is 1.00 bits per heavy atom. The van der Waals surface area contributed by atoms with Gasteiger partial charge in [-0.05, 0) is 101 Å². The third-order valence-electron chi connectivity index (χ3n) is 11.4. The number of para-hydroxylation sites is 1. The van der Waals surface area contributed by atoms with Crippen molar-refractivity contribution in [3.8, 4) is 17.3 Å². The van der Waals surface area contributed by atoms with Crippen LogP contribution < -0.4 is 10.1 Å². The maximum Gasteiger partial charge on any atom is 0.407 e. The first-order valence-corrected chi connectivity index (χ1v) is 18.0. The molecule has 0 radical (unpaired) electrons. The van der Waals surface area contributed by atoms with Gasteiger partial charge in [-0.3, -0.25) is 9.59 Å². The molecule has 2 aromatic carbocycles. The number of carbonyl (C=O) groups excluding carboxylic acids is 3. The summed E-state index contributed by atoms with van der Waals surface area (Å²) < 4.78 is 21.0. The number of carbonyl (C=O) groups is 3. The van der Waals surface area contributed by atoms with Gasteiger partial charge in [0.25, 0.3) is 5.91 Å². The molecule has 8 rings (SSSR count). The Balaban J connectivity index is 1.13. The first-order valence-electron chi connectivity index (χ1n) is 18.0. The minimum absolute atomic E-state index is 0.0429. The predicted octanol–water partition coefficient (Wildman–Crippen LogP) is 6.41. The van der Waals surface area contributed by atoms with Gasteiger partial charge in [0.2, 0.25) is 0 Å². The number of likely N-dealkylation sites (tertiary alicyclic amines) is 1. The zero-order valence-electron chi connectivity index (χ0n) is 29.8. The molecular weight excluding hydrogens is 634 g/mol. The fraction of sp³-hybridized carbons (Fsp3) is 0.538. The van der Waals surface area contributed by atoms with E-state index >= 15 is 0 Å². The summed E-state index contributed by atoms with van der Waals surface area (Å²) in [5.74, 6) is 2.27. The molecule has 3 aliphatic carbocycles. The standard InChI is InChI=1S/C39H47N5O6/c1-39(2,3)50-38(47)41-32-23-12-13-29(32)44(20-23)36(45)25-16-28-34(31(18-25)48-5)42(4)35(40-28)30-17-22-8-7-9-27(24-14-26(15-24)37(46)49-6)33(22)43(30)19-21-10-11-21/h7-9,16-18,21,23-24,26,29,32H,10-15,19-20H2,1-6H3,(H,41,47)/t23-,24?,26?,29-,32-/m1/s1. The Labute approximate surface area is 292 Å². The van der Waals surface area contributed by atoms with Crippen molar-refractivity contribution in [3.05, 3.63) is 47.5 Å². The Kier molecular flexibility index (Phi) is 7.87. The zero-order chi connectivity index (χ0) is 35.1. The third kappa shape index (κ3) is 5.58. The average molecular weight is 682 g/mol. The molecule has 3 atom stereocenters. The van der Waals surface area contributed by atoms with E-state index in [9.17, 15) is 14.4 Å². The van der Waals surface area contributed by atoms with Crippen LogP contribution >= 0.6 is 0 Å². The Hall–Kier alpha value is -4.54. The van der Waals surface area contributed by atoms with Gasteiger partial charge in [-0.25, -0.2) is 9.78 Å². The van der Waals surface area contributed by atoms with Crippen LogP contribution in [0.15, 0.2) is 36.4 Å². The number of piperidine rings is 1. The van der Waals surface area contributed by atoms with Gasteiger partial charge in [0, 0.05) is 31.1 Å². The van der Waals surface area contributed by atoms with Crippen molar-refractivity contribution in [2.75, 3.05) is 20.8 Å². The van der Waals surface area contributed by atoms with Crippen LogP contribution in [0.25, 0.3) is 33.5 Å². The van der Waals surface area contributed by atoms with Gasteiger partial charge >= 0.3 is 12.1 Å². The smallest absolute Gasteiger partial charge is 0.407 e. The van der Waals surface area contributed by atoms with Gasteiger partial charge in [-0.2, -0.15) is 0 Å². The van der Waals surface area contributed by atoms with Crippen molar-refractivity contribution in [3.63, 3.8) is 0 Å². The number of benzene rings is 2. The number of nitrogens with one attached hydrogen (secondary N) is 1. The number of hydrogen-bond donors (Lipinski definition) is 1. The summed E-state index contributed by atoms with van der Waals surface area (Å²) in [6.07, 6.45) is 5.37. The van der Waals surface area contributed by atoms with E-state index in [-0.39, 0.29) is 35.8 Å². The van der Waals surface area contributed by atoms with Gasteiger partial charge in [-0.1, -0.05) is 18.2 Å². The fourth-order valence-corrected chi connectivity index (χ4v) is 8.72. The molecule has 3 saturated carbocycles. The van der Waals surface area contributed by atoms with E-state index in [2.05, 4.69) is 38.7 Å². The van der Waals surface area contributed by atoms with Crippen LogP contribution in [0.5, 0.6) is 5.75 Å². The summed E-state index contributed by atoms with van der Waals surface area (Å²) in [4.78, 5) is 46.1. The summed E-state index contributed by atoms with van der Waals surface area (Å²) >= 11 is 0. The molecule has 1 aliphatic heterocycles. The molecule has 4 aromatic rings. The fourth-order valence-electron chi connectivity index (χ4n) is 8.72. The second-order valence-corrected chi connectivity index (χ2v) is 15.8. The van der Waals surface area contributed by atoms with Crippen molar-refractivity contribution in [1.29, 1.82) is 0 Å². The van der Waals surface area contributed by atoms with Crippen molar-refractivity contribution in [2.24, 2.45) is 24.8 Å². The SMILES string of the molecule is COC(=O)C1CC(c2cccc3cc(-c4nc5cc(C(=O)N6C[C@H]7CC[C@@H]6[C@@H]7NC(=O)OC(C)(C)C)cc(OC)c5n4C)n(CC4CC4)c23)C1. The maximum absolute atomic E-state index is 14.1. The lowest BCUT2D eigenvalue weighted by molar-refractivity contribution is -0.148. The van der Waals surface area contributed by atoms with E-state index in [0.29, 0.717) is 35.2 Å². The lowest BCUT2D eigenvalue weighted by Gasteiger charge is -2.34. The highest BCUT2D eigenvalue weighted by Gasteiger charge is 2.50. The number of aromatic nitrogens is 3. The maximum atomic E-state index is 14.1. The molecule has 50 heavy (non-hydrogen) atoms. The van der Waals surface area contributed by atoms with E-state index in [1.165, 1.54) is 31.0 Å². The Bertz CT molecular complexity index is 2010. The number of amides is 2. The summed E-state index contributed by atoms with van der Waals surface area (Å²) in [7, 11) is 5.10. The van der Waals surface area contributed by atoms with Crippen LogP contribution in [0.4, 0.5) is 4.79 Å². The Morgan fingerprint density at radius 2 is 1.78 bits per heavy atom. The van der Waals surface area contributed by atoms with Gasteiger partial charge in [0.1, 0.15) is 16.9 Å². The zero-order valence-corrected chi connectivity index (χ0v) is 29.8. The number of esters is 1. The number of nitrogens with zero attached hydrogens (tertiary/aromatic N) is 4. The van der Waals surface area contributed by atoms with E-state index in [1.807, 2.05) is 44.9 Å². The normalized spacial score (nSPS) is 24.4. The molecule has 11 nitrogen and oxygen atoms in total. The first kappa shape index (κ1) is 32.7. The van der Waals surface area contributed by atoms with Crippen molar-refractivity contribution in [2.45, 2.75) is 89.4 Å². The van der Waals surface area contributed by atoms with E-state index in [4.69, 9.17) is 19.2 Å². The van der Waals surface area contributed by atoms with Crippen LogP contribution in [-0.2, 0) is 27.9 Å². The van der Waals surface area contributed by atoms with Crippen LogP contribution in [0.2, 0.25) is 0 Å². The van der Waals surface area contributed by atoms with E-state index in [1.54, 1.807) is 7.11 Å². The first-order chi connectivity index (χ1) is 23.9. The number of rotatable bonds is 8. The molecule has 2 aromatic heterocycles. The number of methoxy groups -OCH3 is 2. The molecule has 2 amide bonds. The number of ether oxygens (including phenoxy) is 3. The van der Waals surface area contributed by atoms with E-state index in [0.717, 1.165) is 54.6 Å². The van der Waals surface area contributed by atoms with E-state index < -0.39 is 11.7 Å². The highest BCUT2D eigenvalue weighted by atomic mass is 16.6. The second kappa shape index (κ2) is 12.1. The van der Waals surface area contributed by atoms with Gasteiger partial charge < -0.3 is 33.6 Å². The highest BCUT2D eigenvalue weighted by molar-refractivity contribution is 6.01. The molecule has 0 spiro atoms. The molecule has 11 heteroatoms. The summed E-state index contributed by atoms with van der Waals surface area (Å²) in [5.41, 5.74) is 4.98. The molecule has 4 aliphatic rings. The lowest BCUT2D eigenvalue weighted by Crippen LogP contribution is -2.46. The number of hydrogen-bond acceptors (Lipinski definition) is 7. The van der Waals surface area contributed by atoms with Crippen molar-refractivity contribution >= 4 is 39.9 Å². The summed E-state index contributed by atoms with van der Waals surface area (Å²) in [6.45, 7) is 7.03. The number of alkyl carbamates (subject to hydrolysis) is 1. The number of imidazole rings is 1. The monoisotopic (exact) mass is 681 g/mol. The Morgan fingerprint density at radius 3 is 2.48 bits per heavy atom.